The van der Waals surface area contributed by atoms with Crippen LogP contribution in [-0.4, -0.2) is 41.2 Å². The van der Waals surface area contributed by atoms with Gasteiger partial charge in [-0.15, -0.1) is 5.10 Å². The minimum absolute atomic E-state index is 0.0351. The van der Waals surface area contributed by atoms with Crippen molar-refractivity contribution in [1.82, 2.24) is 15.0 Å². The van der Waals surface area contributed by atoms with E-state index < -0.39 is 11.9 Å². The van der Waals surface area contributed by atoms with Crippen LogP contribution in [0.15, 0.2) is 54.7 Å². The summed E-state index contributed by atoms with van der Waals surface area (Å²) < 4.78 is 15.1. The molecule has 0 atom stereocenters. The molecule has 0 saturated heterocycles. The van der Waals surface area contributed by atoms with E-state index in [9.17, 15) is 9.59 Å². The van der Waals surface area contributed by atoms with Gasteiger partial charge in [-0.25, -0.2) is 9.59 Å². The molecule has 0 aliphatic carbocycles. The molecule has 0 amide bonds. The fraction of sp³-hybridized carbons (Fsp3) is 0.111. The van der Waals surface area contributed by atoms with Crippen molar-refractivity contribution in [2.24, 2.45) is 0 Å². The fourth-order valence-electron chi connectivity index (χ4n) is 2.19. The van der Waals surface area contributed by atoms with E-state index in [-0.39, 0.29) is 22.8 Å². The molecule has 3 rings (SSSR count). The van der Waals surface area contributed by atoms with E-state index >= 15 is 0 Å². The largest absolute Gasteiger partial charge is 0.493 e. The summed E-state index contributed by atoms with van der Waals surface area (Å²) in [4.78, 5) is 25.2. The maximum Gasteiger partial charge on any atom is 0.366 e. The molecule has 132 valence electrons. The zero-order valence-corrected chi connectivity index (χ0v) is 14.1. The number of nitrogens with zero attached hydrogens (tertiary/aromatic N) is 3. The number of para-hydroxylation sites is 1. The van der Waals surface area contributed by atoms with Crippen molar-refractivity contribution >= 4 is 11.9 Å². The van der Waals surface area contributed by atoms with E-state index in [1.54, 1.807) is 0 Å². The summed E-state index contributed by atoms with van der Waals surface area (Å²) in [5, 5.41) is 8.16. The molecule has 0 aliphatic rings. The van der Waals surface area contributed by atoms with Crippen molar-refractivity contribution in [2.75, 3.05) is 14.2 Å². The summed E-state index contributed by atoms with van der Waals surface area (Å²) in [6.45, 7) is 0. The van der Waals surface area contributed by atoms with Gasteiger partial charge in [-0.1, -0.05) is 18.2 Å². The van der Waals surface area contributed by atoms with E-state index in [0.717, 1.165) is 0 Å². The Balaban J connectivity index is 1.80. The highest BCUT2D eigenvalue weighted by molar-refractivity contribution is 5.91. The van der Waals surface area contributed by atoms with E-state index in [0.29, 0.717) is 5.69 Å². The van der Waals surface area contributed by atoms with Crippen LogP contribution in [-0.2, 0) is 4.74 Å². The number of rotatable bonds is 5. The van der Waals surface area contributed by atoms with E-state index in [1.807, 2.05) is 30.3 Å². The van der Waals surface area contributed by atoms with Crippen LogP contribution >= 0.6 is 0 Å². The summed E-state index contributed by atoms with van der Waals surface area (Å²) in [7, 11) is 2.68. The minimum Gasteiger partial charge on any atom is -0.493 e. The molecular formula is C18H15N3O5. The fourth-order valence-corrected chi connectivity index (χ4v) is 2.19. The number of hydrogen-bond acceptors (Lipinski definition) is 7. The van der Waals surface area contributed by atoms with Crippen molar-refractivity contribution in [2.45, 2.75) is 0 Å². The number of benzene rings is 2. The molecule has 0 unspecified atom stereocenters. The number of carbonyl (C=O) groups is 2. The molecule has 0 fully saturated rings. The van der Waals surface area contributed by atoms with Gasteiger partial charge < -0.3 is 14.2 Å². The average molecular weight is 353 g/mol. The molecule has 0 N–H and O–H groups in total. The molecule has 0 radical (unpaired) electrons. The lowest BCUT2D eigenvalue weighted by Crippen LogP contribution is -2.11. The molecule has 8 heteroatoms. The van der Waals surface area contributed by atoms with Crippen LogP contribution in [0.2, 0.25) is 0 Å². The number of hydrogen-bond donors (Lipinski definition) is 0. The van der Waals surface area contributed by atoms with Gasteiger partial charge in [-0.2, -0.15) is 9.90 Å². The quantitative estimate of drug-likeness (QED) is 0.513. The average Bonchev–Trinajstić information content (AvgIpc) is 3.18. The third-order valence-electron chi connectivity index (χ3n) is 3.48. The summed E-state index contributed by atoms with van der Waals surface area (Å²) in [5.74, 6) is -0.848. The molecule has 0 aliphatic heterocycles. The molecule has 3 aromatic rings. The zero-order chi connectivity index (χ0) is 18.5. The number of aromatic nitrogens is 3. The lowest BCUT2D eigenvalue weighted by molar-refractivity contribution is 0.0600. The second kappa shape index (κ2) is 7.47. The van der Waals surface area contributed by atoms with Crippen LogP contribution < -0.4 is 9.47 Å². The van der Waals surface area contributed by atoms with Crippen molar-refractivity contribution in [3.8, 4) is 17.2 Å². The summed E-state index contributed by atoms with van der Waals surface area (Å²) in [5.41, 5.74) is 1.03. The number of ether oxygens (including phenoxy) is 3. The van der Waals surface area contributed by atoms with Crippen molar-refractivity contribution in [3.05, 3.63) is 66.0 Å². The third-order valence-corrected chi connectivity index (χ3v) is 3.48. The first-order valence-corrected chi connectivity index (χ1v) is 7.58. The Kier molecular flexibility index (Phi) is 4.93. The lowest BCUT2D eigenvalue weighted by Gasteiger charge is -2.09. The molecule has 1 aromatic heterocycles. The standard InChI is InChI=1S/C18H15N3O5/c1-24-16-10-12(17(22)25-2)8-9-15(16)26-18(23)14-11-19-21(20-14)13-6-4-3-5-7-13/h3-11H,1-2H3. The summed E-state index contributed by atoms with van der Waals surface area (Å²) in [6.07, 6.45) is 1.31. The monoisotopic (exact) mass is 353 g/mol. The molecule has 0 saturated carbocycles. The summed E-state index contributed by atoms with van der Waals surface area (Å²) >= 11 is 0. The van der Waals surface area contributed by atoms with Gasteiger partial charge in [0.2, 0.25) is 0 Å². The molecule has 0 bridgehead atoms. The van der Waals surface area contributed by atoms with Crippen LogP contribution in [0.25, 0.3) is 5.69 Å². The van der Waals surface area contributed by atoms with Gasteiger partial charge in [-0.3, -0.25) is 0 Å². The van der Waals surface area contributed by atoms with Crippen molar-refractivity contribution < 1.29 is 23.8 Å². The highest BCUT2D eigenvalue weighted by Gasteiger charge is 2.18. The van der Waals surface area contributed by atoms with E-state index in [4.69, 9.17) is 9.47 Å². The van der Waals surface area contributed by atoms with Crippen LogP contribution in [0.5, 0.6) is 11.5 Å². The second-order valence-electron chi connectivity index (χ2n) is 5.10. The van der Waals surface area contributed by atoms with Gasteiger partial charge in [0.15, 0.2) is 17.2 Å². The van der Waals surface area contributed by atoms with Gasteiger partial charge in [0.25, 0.3) is 0 Å². The highest BCUT2D eigenvalue weighted by Crippen LogP contribution is 2.29. The summed E-state index contributed by atoms with van der Waals surface area (Å²) in [6, 6.07) is 13.5. The molecule has 1 heterocycles. The zero-order valence-electron chi connectivity index (χ0n) is 14.1. The first-order valence-electron chi connectivity index (χ1n) is 7.58. The molecule has 0 spiro atoms. The molecule has 2 aromatic carbocycles. The highest BCUT2D eigenvalue weighted by atomic mass is 16.6. The van der Waals surface area contributed by atoms with Gasteiger partial charge in [-0.05, 0) is 30.3 Å². The maximum absolute atomic E-state index is 12.3. The van der Waals surface area contributed by atoms with Gasteiger partial charge in [0.1, 0.15) is 0 Å². The number of esters is 2. The first-order chi connectivity index (χ1) is 12.6. The topological polar surface area (TPSA) is 92.5 Å². The Morgan fingerprint density at radius 3 is 2.42 bits per heavy atom. The Morgan fingerprint density at radius 1 is 0.962 bits per heavy atom. The van der Waals surface area contributed by atoms with E-state index in [2.05, 4.69) is 14.9 Å². The van der Waals surface area contributed by atoms with Crippen molar-refractivity contribution in [3.63, 3.8) is 0 Å². The Morgan fingerprint density at radius 2 is 1.73 bits per heavy atom. The van der Waals surface area contributed by atoms with Crippen LogP contribution in [0.4, 0.5) is 0 Å². The first kappa shape index (κ1) is 17.2. The lowest BCUT2D eigenvalue weighted by atomic mass is 10.2. The number of methoxy groups -OCH3 is 2. The van der Waals surface area contributed by atoms with Crippen molar-refractivity contribution in [1.29, 1.82) is 0 Å². The predicted octanol–water partition coefficient (Wildman–Crippen LogP) is 2.28. The Labute approximate surface area is 148 Å². The Bertz CT molecular complexity index is 937. The predicted molar refractivity (Wildman–Crippen MR) is 90.7 cm³/mol. The normalized spacial score (nSPS) is 10.2. The maximum atomic E-state index is 12.3. The molecular weight excluding hydrogens is 338 g/mol. The van der Waals surface area contributed by atoms with Crippen LogP contribution in [0, 0.1) is 0 Å². The van der Waals surface area contributed by atoms with Crippen LogP contribution in [0.1, 0.15) is 20.8 Å². The number of carbonyl (C=O) groups excluding carboxylic acids is 2. The third kappa shape index (κ3) is 3.54. The van der Waals surface area contributed by atoms with E-state index in [1.165, 1.54) is 43.4 Å². The minimum atomic E-state index is -0.698. The second-order valence-corrected chi connectivity index (χ2v) is 5.10. The van der Waals surface area contributed by atoms with Crippen LogP contribution in [0.3, 0.4) is 0 Å². The van der Waals surface area contributed by atoms with Gasteiger partial charge in [0.05, 0.1) is 31.7 Å². The van der Waals surface area contributed by atoms with Gasteiger partial charge in [0, 0.05) is 0 Å². The van der Waals surface area contributed by atoms with Gasteiger partial charge >= 0.3 is 11.9 Å². The molecule has 8 nitrogen and oxygen atoms in total. The SMILES string of the molecule is COC(=O)c1ccc(OC(=O)c2cnn(-c3ccccc3)n2)c(OC)c1. The smallest absolute Gasteiger partial charge is 0.366 e. The Hall–Kier alpha value is -3.68. The molecule has 26 heavy (non-hydrogen) atoms.